The van der Waals surface area contributed by atoms with Crippen molar-refractivity contribution in [1.82, 2.24) is 4.90 Å². The molecule has 2 aliphatic rings. The second-order valence-corrected chi connectivity index (χ2v) is 9.46. The van der Waals surface area contributed by atoms with Crippen LogP contribution in [0.15, 0.2) is 54.6 Å². The molecule has 0 unspecified atom stereocenters. The lowest BCUT2D eigenvalue weighted by Gasteiger charge is -2.72. The fraction of sp³-hybridized carbons (Fsp3) is 0.500. The van der Waals surface area contributed by atoms with Gasteiger partial charge in [0.15, 0.2) is 0 Å². The number of benzene rings is 2. The molecule has 2 aromatic carbocycles. The molecule has 1 aliphatic carbocycles. The molecule has 0 bridgehead atoms. The van der Waals surface area contributed by atoms with Crippen LogP contribution in [0.5, 0.6) is 5.75 Å². The predicted octanol–water partition coefficient (Wildman–Crippen LogP) is 3.84. The topological polar surface area (TPSA) is 46.9 Å². The number of hydrogen-bond acceptors (Lipinski definition) is 4. The van der Waals surface area contributed by atoms with Crippen LogP contribution in [-0.4, -0.2) is 47.3 Å². The van der Waals surface area contributed by atoms with Gasteiger partial charge in [0.2, 0.25) is 0 Å². The van der Waals surface area contributed by atoms with E-state index in [2.05, 4.69) is 67.8 Å². The summed E-state index contributed by atoms with van der Waals surface area (Å²) in [5.74, 6) is 0.232. The van der Waals surface area contributed by atoms with Crippen LogP contribution in [0.3, 0.4) is 0 Å². The molecule has 0 amide bonds. The molecule has 1 saturated carbocycles. The second-order valence-electron chi connectivity index (χ2n) is 9.46. The average molecular weight is 381 g/mol. The first-order valence-corrected chi connectivity index (χ1v) is 10.3. The van der Waals surface area contributed by atoms with Gasteiger partial charge in [-0.2, -0.15) is 0 Å². The summed E-state index contributed by atoms with van der Waals surface area (Å²) in [7, 11) is 0. The van der Waals surface area contributed by atoms with Crippen molar-refractivity contribution in [2.75, 3.05) is 31.1 Å². The molecule has 1 heterocycles. The molecule has 0 radical (unpaired) electrons. The smallest absolute Gasteiger partial charge is 0.115 e. The minimum atomic E-state index is -0.936. The number of aliphatic hydroxyl groups is 1. The summed E-state index contributed by atoms with van der Waals surface area (Å²) < 4.78 is 0. The van der Waals surface area contributed by atoms with Crippen LogP contribution in [-0.2, 0) is 5.60 Å². The maximum atomic E-state index is 11.8. The quantitative estimate of drug-likeness (QED) is 0.849. The monoisotopic (exact) mass is 380 g/mol. The summed E-state index contributed by atoms with van der Waals surface area (Å²) in [5, 5.41) is 21.5. The average Bonchev–Trinajstić information content (AvgIpc) is 2.68. The summed E-state index contributed by atoms with van der Waals surface area (Å²) in [4.78, 5) is 5.01. The van der Waals surface area contributed by atoms with Gasteiger partial charge in [0.05, 0.1) is 0 Å². The lowest BCUT2D eigenvalue weighted by atomic mass is 9.39. The number of aromatic hydroxyl groups is 1. The number of phenols is 1. The summed E-state index contributed by atoms with van der Waals surface area (Å²) in [6.07, 6.45) is 0. The summed E-state index contributed by atoms with van der Waals surface area (Å²) in [5.41, 5.74) is 0.661. The summed E-state index contributed by atoms with van der Waals surface area (Å²) in [6.45, 7) is 12.7. The molecule has 2 aromatic rings. The van der Waals surface area contributed by atoms with Gasteiger partial charge in [0.25, 0.3) is 0 Å². The first-order valence-electron chi connectivity index (χ1n) is 10.3. The third kappa shape index (κ3) is 2.58. The van der Waals surface area contributed by atoms with Gasteiger partial charge in [-0.15, -0.1) is 0 Å². The van der Waals surface area contributed by atoms with Crippen molar-refractivity contribution in [2.24, 2.45) is 10.8 Å². The Kier molecular flexibility index (Phi) is 4.48. The number of hydrogen-bond donors (Lipinski definition) is 2. The maximum Gasteiger partial charge on any atom is 0.115 e. The van der Waals surface area contributed by atoms with E-state index >= 15 is 0 Å². The van der Waals surface area contributed by atoms with Gasteiger partial charge in [-0.05, 0) is 29.8 Å². The van der Waals surface area contributed by atoms with Gasteiger partial charge in [-0.1, -0.05) is 58.0 Å². The molecule has 1 aliphatic heterocycles. The Morgan fingerprint density at radius 3 is 1.86 bits per heavy atom. The first kappa shape index (κ1) is 19.3. The molecule has 0 spiro atoms. The van der Waals surface area contributed by atoms with Crippen molar-refractivity contribution in [3.63, 3.8) is 0 Å². The number of piperazine rings is 1. The normalized spacial score (nSPS) is 29.3. The minimum absolute atomic E-state index is 0.232. The number of anilines is 1. The van der Waals surface area contributed by atoms with E-state index in [0.717, 1.165) is 31.7 Å². The van der Waals surface area contributed by atoms with Crippen LogP contribution in [0.4, 0.5) is 5.69 Å². The van der Waals surface area contributed by atoms with Crippen LogP contribution in [0.25, 0.3) is 0 Å². The van der Waals surface area contributed by atoms with Crippen LogP contribution >= 0.6 is 0 Å². The SMILES string of the molecule is CC1(C)C(N2CCN(c3ccccc3)CC2)C(C)(C)C1(O)c1ccc(O)cc1. The lowest BCUT2D eigenvalue weighted by molar-refractivity contribution is -0.307. The molecule has 1 saturated heterocycles. The van der Waals surface area contributed by atoms with E-state index in [-0.39, 0.29) is 22.6 Å². The molecule has 150 valence electrons. The van der Waals surface area contributed by atoms with Crippen molar-refractivity contribution in [1.29, 1.82) is 0 Å². The molecule has 28 heavy (non-hydrogen) atoms. The zero-order valence-electron chi connectivity index (χ0n) is 17.4. The fourth-order valence-electron chi connectivity index (χ4n) is 6.29. The Balaban J connectivity index is 1.54. The highest BCUT2D eigenvalue weighted by Gasteiger charge is 2.73. The number of para-hydroxylation sites is 1. The van der Waals surface area contributed by atoms with Gasteiger partial charge in [0, 0.05) is 48.7 Å². The first-order chi connectivity index (χ1) is 13.2. The highest BCUT2D eigenvalue weighted by Crippen LogP contribution is 2.68. The van der Waals surface area contributed by atoms with Gasteiger partial charge >= 0.3 is 0 Å². The Labute approximate surface area is 168 Å². The van der Waals surface area contributed by atoms with Crippen molar-refractivity contribution < 1.29 is 10.2 Å². The van der Waals surface area contributed by atoms with E-state index in [4.69, 9.17) is 0 Å². The maximum absolute atomic E-state index is 11.8. The number of nitrogens with zero attached hydrogens (tertiary/aromatic N) is 2. The van der Waals surface area contributed by atoms with Crippen LogP contribution in [0, 0.1) is 10.8 Å². The molecule has 2 N–H and O–H groups in total. The number of rotatable bonds is 3. The number of phenolic OH excluding ortho intramolecular Hbond substituents is 1. The van der Waals surface area contributed by atoms with E-state index < -0.39 is 5.60 Å². The minimum Gasteiger partial charge on any atom is -0.508 e. The molecule has 4 nitrogen and oxygen atoms in total. The second kappa shape index (κ2) is 6.50. The fourth-order valence-corrected chi connectivity index (χ4v) is 6.29. The van der Waals surface area contributed by atoms with E-state index in [9.17, 15) is 10.2 Å². The van der Waals surface area contributed by atoms with E-state index in [1.54, 1.807) is 12.1 Å². The van der Waals surface area contributed by atoms with Gasteiger partial charge in [-0.25, -0.2) is 0 Å². The largest absolute Gasteiger partial charge is 0.508 e. The van der Waals surface area contributed by atoms with Crippen LogP contribution < -0.4 is 4.90 Å². The van der Waals surface area contributed by atoms with Crippen molar-refractivity contribution in [3.8, 4) is 5.75 Å². The zero-order chi connectivity index (χ0) is 20.2. The Bertz CT molecular complexity index is 805. The highest BCUT2D eigenvalue weighted by molar-refractivity contribution is 5.46. The molecule has 0 atom stereocenters. The van der Waals surface area contributed by atoms with Gasteiger partial charge in [0.1, 0.15) is 11.4 Å². The zero-order valence-corrected chi connectivity index (χ0v) is 17.4. The Hall–Kier alpha value is -2.04. The lowest BCUT2D eigenvalue weighted by Crippen LogP contribution is -2.79. The highest BCUT2D eigenvalue weighted by atomic mass is 16.3. The van der Waals surface area contributed by atoms with Gasteiger partial charge in [-0.3, -0.25) is 4.90 Å². The van der Waals surface area contributed by atoms with Gasteiger partial charge < -0.3 is 15.1 Å². The molecule has 4 rings (SSSR count). The third-order valence-electron chi connectivity index (χ3n) is 7.32. The van der Waals surface area contributed by atoms with Crippen molar-refractivity contribution >= 4 is 5.69 Å². The molecule has 4 heteroatoms. The van der Waals surface area contributed by atoms with Crippen LogP contribution in [0.1, 0.15) is 33.3 Å². The van der Waals surface area contributed by atoms with Crippen LogP contribution in [0.2, 0.25) is 0 Å². The molecule has 2 fully saturated rings. The standard InChI is InChI=1S/C24H32N2O2/c1-22(2)21(23(3,4)24(22,28)18-10-12-20(27)13-11-18)26-16-14-25(15-17-26)19-8-6-5-7-9-19/h5-13,21,27-28H,14-17H2,1-4H3. The van der Waals surface area contributed by atoms with E-state index in [1.165, 1.54) is 5.69 Å². The Morgan fingerprint density at radius 1 is 0.786 bits per heavy atom. The molecular weight excluding hydrogens is 348 g/mol. The summed E-state index contributed by atoms with van der Waals surface area (Å²) >= 11 is 0. The van der Waals surface area contributed by atoms with Crippen molar-refractivity contribution in [3.05, 3.63) is 60.2 Å². The van der Waals surface area contributed by atoms with E-state index in [0.29, 0.717) is 0 Å². The van der Waals surface area contributed by atoms with Crippen molar-refractivity contribution in [2.45, 2.75) is 39.3 Å². The summed E-state index contributed by atoms with van der Waals surface area (Å²) in [6, 6.07) is 18.0. The molecule has 0 aromatic heterocycles. The molecular formula is C24H32N2O2. The Morgan fingerprint density at radius 2 is 1.32 bits per heavy atom. The predicted molar refractivity (Wildman–Crippen MR) is 114 cm³/mol. The third-order valence-corrected chi connectivity index (χ3v) is 7.32. The van der Waals surface area contributed by atoms with E-state index in [1.807, 2.05) is 12.1 Å².